The third-order valence-corrected chi connectivity index (χ3v) is 5.82. The highest BCUT2D eigenvalue weighted by molar-refractivity contribution is 8.00. The second-order valence-electron chi connectivity index (χ2n) is 6.89. The summed E-state index contributed by atoms with van der Waals surface area (Å²) in [6, 6.07) is 19.9. The molecule has 0 aliphatic heterocycles. The van der Waals surface area contributed by atoms with Crippen LogP contribution in [0.3, 0.4) is 0 Å². The van der Waals surface area contributed by atoms with Gasteiger partial charge in [0.15, 0.2) is 0 Å². The van der Waals surface area contributed by atoms with Crippen molar-refractivity contribution in [1.29, 1.82) is 0 Å². The monoisotopic (exact) mass is 403 g/mol. The summed E-state index contributed by atoms with van der Waals surface area (Å²) >= 11 is 1.34. The standard InChI is InChI=1S/C22H21N5OS/c1-14-8-6-9-15(2)20(14)27-22(24-25-26-27)29-16(3)21(28)23-19-13-7-11-17-10-4-5-12-18(17)19/h4-13,16H,1-3H3,(H,23,28)/t16-/m1/s1. The minimum atomic E-state index is -0.372. The lowest BCUT2D eigenvalue weighted by Gasteiger charge is -2.14. The van der Waals surface area contributed by atoms with Crippen LogP contribution in [-0.4, -0.2) is 31.4 Å². The number of anilines is 1. The van der Waals surface area contributed by atoms with Crippen LogP contribution in [0.15, 0.2) is 65.8 Å². The number of tetrazole rings is 1. The van der Waals surface area contributed by atoms with Gasteiger partial charge >= 0.3 is 0 Å². The lowest BCUT2D eigenvalue weighted by Crippen LogP contribution is -2.23. The van der Waals surface area contributed by atoms with Crippen LogP contribution in [0.2, 0.25) is 0 Å². The number of rotatable bonds is 5. The maximum absolute atomic E-state index is 12.9. The first-order valence-electron chi connectivity index (χ1n) is 9.35. The molecule has 1 atom stereocenters. The molecule has 1 amide bonds. The van der Waals surface area contributed by atoms with Crippen LogP contribution in [0, 0.1) is 13.8 Å². The molecular weight excluding hydrogens is 382 g/mol. The van der Waals surface area contributed by atoms with Crippen LogP contribution >= 0.6 is 11.8 Å². The molecule has 4 rings (SSSR count). The Balaban J connectivity index is 1.55. The number of hydrogen-bond acceptors (Lipinski definition) is 5. The predicted octanol–water partition coefficient (Wildman–Crippen LogP) is 4.55. The highest BCUT2D eigenvalue weighted by atomic mass is 32.2. The van der Waals surface area contributed by atoms with E-state index in [0.717, 1.165) is 33.3 Å². The minimum absolute atomic E-state index is 0.0950. The third kappa shape index (κ3) is 3.86. The van der Waals surface area contributed by atoms with Gasteiger partial charge in [-0.2, -0.15) is 4.68 Å². The van der Waals surface area contributed by atoms with Crippen molar-refractivity contribution >= 4 is 34.1 Å². The zero-order valence-electron chi connectivity index (χ0n) is 16.5. The first-order valence-corrected chi connectivity index (χ1v) is 10.2. The van der Waals surface area contributed by atoms with E-state index in [4.69, 9.17) is 0 Å². The van der Waals surface area contributed by atoms with E-state index in [9.17, 15) is 4.79 Å². The molecule has 3 aromatic carbocycles. The number of hydrogen-bond donors (Lipinski definition) is 1. The number of nitrogens with one attached hydrogen (secondary N) is 1. The number of para-hydroxylation sites is 1. The summed E-state index contributed by atoms with van der Waals surface area (Å²) in [6.07, 6.45) is 0. The molecule has 1 aromatic heterocycles. The fourth-order valence-corrected chi connectivity index (χ4v) is 4.11. The Morgan fingerprint density at radius 3 is 2.48 bits per heavy atom. The molecule has 4 aromatic rings. The summed E-state index contributed by atoms with van der Waals surface area (Å²) in [5.41, 5.74) is 3.90. The third-order valence-electron chi connectivity index (χ3n) is 4.79. The predicted molar refractivity (Wildman–Crippen MR) is 117 cm³/mol. The molecule has 6 nitrogen and oxygen atoms in total. The SMILES string of the molecule is Cc1cccc(C)c1-n1nnnc1S[C@H](C)C(=O)Nc1cccc2ccccc12. The number of benzene rings is 3. The molecule has 29 heavy (non-hydrogen) atoms. The maximum Gasteiger partial charge on any atom is 0.237 e. The fraction of sp³-hybridized carbons (Fsp3) is 0.182. The Morgan fingerprint density at radius 1 is 1.00 bits per heavy atom. The van der Waals surface area contributed by atoms with Crippen molar-refractivity contribution in [3.63, 3.8) is 0 Å². The van der Waals surface area contributed by atoms with Gasteiger partial charge < -0.3 is 5.32 Å². The Kier molecular flexibility index (Phi) is 5.31. The highest BCUT2D eigenvalue weighted by Crippen LogP contribution is 2.28. The van der Waals surface area contributed by atoms with E-state index in [0.29, 0.717) is 5.16 Å². The average Bonchev–Trinajstić information content (AvgIpc) is 3.16. The highest BCUT2D eigenvalue weighted by Gasteiger charge is 2.21. The topological polar surface area (TPSA) is 72.7 Å². The van der Waals surface area contributed by atoms with E-state index < -0.39 is 0 Å². The molecule has 1 heterocycles. The molecular formula is C22H21N5OS. The molecule has 146 valence electrons. The second kappa shape index (κ2) is 8.05. The van der Waals surface area contributed by atoms with Crippen molar-refractivity contribution < 1.29 is 4.79 Å². The van der Waals surface area contributed by atoms with Gasteiger partial charge in [0.1, 0.15) is 0 Å². The number of thioether (sulfide) groups is 1. The summed E-state index contributed by atoms with van der Waals surface area (Å²) in [4.78, 5) is 12.9. The number of nitrogens with zero attached hydrogens (tertiary/aromatic N) is 4. The lowest BCUT2D eigenvalue weighted by atomic mass is 10.1. The van der Waals surface area contributed by atoms with Gasteiger partial charge in [-0.15, -0.1) is 5.10 Å². The number of aromatic nitrogens is 4. The first kappa shape index (κ1) is 19.1. The van der Waals surface area contributed by atoms with Crippen molar-refractivity contribution in [2.24, 2.45) is 0 Å². The molecule has 1 N–H and O–H groups in total. The zero-order chi connectivity index (χ0) is 20.4. The number of fused-ring (bicyclic) bond motifs is 1. The van der Waals surface area contributed by atoms with E-state index in [1.165, 1.54) is 11.8 Å². The summed E-state index contributed by atoms with van der Waals surface area (Å²) in [5.74, 6) is -0.0950. The second-order valence-corrected chi connectivity index (χ2v) is 8.20. The lowest BCUT2D eigenvalue weighted by molar-refractivity contribution is -0.115. The van der Waals surface area contributed by atoms with E-state index in [2.05, 4.69) is 20.8 Å². The molecule has 7 heteroatoms. The molecule has 0 unspecified atom stereocenters. The summed E-state index contributed by atoms with van der Waals surface area (Å²) in [7, 11) is 0. The van der Waals surface area contributed by atoms with Gasteiger partial charge in [-0.1, -0.05) is 66.4 Å². The van der Waals surface area contributed by atoms with Crippen LogP contribution in [0.5, 0.6) is 0 Å². The Hall–Kier alpha value is -3.19. The molecule has 0 aliphatic carbocycles. The van der Waals surface area contributed by atoms with Crippen LogP contribution < -0.4 is 5.32 Å². The smallest absolute Gasteiger partial charge is 0.237 e. The van der Waals surface area contributed by atoms with Crippen LogP contribution in [-0.2, 0) is 4.79 Å². The average molecular weight is 404 g/mol. The molecule has 0 radical (unpaired) electrons. The Bertz CT molecular complexity index is 1160. The molecule has 0 fully saturated rings. The largest absolute Gasteiger partial charge is 0.325 e. The minimum Gasteiger partial charge on any atom is -0.325 e. The quantitative estimate of drug-likeness (QED) is 0.495. The van der Waals surface area contributed by atoms with Crippen molar-refractivity contribution in [2.75, 3.05) is 5.32 Å². The van der Waals surface area contributed by atoms with E-state index >= 15 is 0 Å². The van der Waals surface area contributed by atoms with Crippen LogP contribution in [0.1, 0.15) is 18.1 Å². The van der Waals surface area contributed by atoms with E-state index in [1.54, 1.807) is 4.68 Å². The maximum atomic E-state index is 12.9. The molecule has 0 saturated heterocycles. The van der Waals surface area contributed by atoms with Gasteiger partial charge in [-0.25, -0.2) is 0 Å². The van der Waals surface area contributed by atoms with E-state index in [1.807, 2.05) is 81.4 Å². The Labute approximate surface area is 173 Å². The molecule has 0 bridgehead atoms. The summed E-state index contributed by atoms with van der Waals surface area (Å²) < 4.78 is 1.71. The number of carbonyl (C=O) groups excluding carboxylic acids is 1. The zero-order valence-corrected chi connectivity index (χ0v) is 17.3. The van der Waals surface area contributed by atoms with Crippen molar-refractivity contribution in [3.8, 4) is 5.69 Å². The van der Waals surface area contributed by atoms with Crippen LogP contribution in [0.25, 0.3) is 16.5 Å². The van der Waals surface area contributed by atoms with Crippen molar-refractivity contribution in [2.45, 2.75) is 31.2 Å². The summed E-state index contributed by atoms with van der Waals surface area (Å²) in [5, 5.41) is 17.5. The van der Waals surface area contributed by atoms with E-state index in [-0.39, 0.29) is 11.2 Å². The molecule has 0 saturated carbocycles. The van der Waals surface area contributed by atoms with Crippen LogP contribution in [0.4, 0.5) is 5.69 Å². The van der Waals surface area contributed by atoms with Crippen molar-refractivity contribution in [1.82, 2.24) is 20.2 Å². The summed E-state index contributed by atoms with van der Waals surface area (Å²) in [6.45, 7) is 5.90. The molecule has 0 spiro atoms. The first-order chi connectivity index (χ1) is 14.0. The molecule has 0 aliphatic rings. The van der Waals surface area contributed by atoms with Gasteiger partial charge in [0.25, 0.3) is 0 Å². The number of carbonyl (C=O) groups is 1. The normalized spacial score (nSPS) is 12.1. The number of amides is 1. The van der Waals surface area contributed by atoms with Gasteiger partial charge in [0.05, 0.1) is 10.9 Å². The van der Waals surface area contributed by atoms with Gasteiger partial charge in [-0.05, 0) is 53.8 Å². The fourth-order valence-electron chi connectivity index (χ4n) is 3.31. The Morgan fingerprint density at radius 2 is 1.69 bits per heavy atom. The van der Waals surface area contributed by atoms with Gasteiger partial charge in [0.2, 0.25) is 11.1 Å². The van der Waals surface area contributed by atoms with Gasteiger partial charge in [0, 0.05) is 11.1 Å². The number of aryl methyl sites for hydroxylation is 2. The van der Waals surface area contributed by atoms with Crippen molar-refractivity contribution in [3.05, 3.63) is 71.8 Å². The van der Waals surface area contributed by atoms with Gasteiger partial charge in [-0.3, -0.25) is 4.79 Å².